The summed E-state index contributed by atoms with van der Waals surface area (Å²) in [7, 11) is 0. The molecule has 4 heteroatoms. The van der Waals surface area contributed by atoms with Crippen LogP contribution in [0.4, 0.5) is 0 Å². The monoisotopic (exact) mass is 332 g/mol. The van der Waals surface area contributed by atoms with Crippen LogP contribution in [0.3, 0.4) is 0 Å². The lowest BCUT2D eigenvalue weighted by Gasteiger charge is -2.27. The molecule has 0 fully saturated rings. The van der Waals surface area contributed by atoms with E-state index in [1.54, 1.807) is 0 Å². The lowest BCUT2D eigenvalue weighted by molar-refractivity contribution is -0.160. The summed E-state index contributed by atoms with van der Waals surface area (Å²) < 4.78 is 10.5. The van der Waals surface area contributed by atoms with Gasteiger partial charge in [-0.1, -0.05) is 18.2 Å². The van der Waals surface area contributed by atoms with Crippen LogP contribution in [0.5, 0.6) is 0 Å². The SMILES string of the molecule is CCOC(=O)CCc1ccc2c(c1)CC(C(=O)OC(C)(C)C)CC2. The van der Waals surface area contributed by atoms with Crippen molar-refractivity contribution in [3.05, 3.63) is 34.9 Å². The van der Waals surface area contributed by atoms with Crippen LogP contribution >= 0.6 is 0 Å². The molecule has 1 atom stereocenters. The van der Waals surface area contributed by atoms with Crippen LogP contribution in [-0.4, -0.2) is 24.1 Å². The number of benzene rings is 1. The third kappa shape index (κ3) is 5.36. The van der Waals surface area contributed by atoms with Crippen molar-refractivity contribution in [2.45, 2.75) is 65.4 Å². The molecular formula is C20H28O4. The summed E-state index contributed by atoms with van der Waals surface area (Å²) in [5, 5.41) is 0. The normalized spacial score (nSPS) is 17.1. The van der Waals surface area contributed by atoms with Gasteiger partial charge in [0.05, 0.1) is 12.5 Å². The van der Waals surface area contributed by atoms with E-state index >= 15 is 0 Å². The molecule has 0 saturated carbocycles. The van der Waals surface area contributed by atoms with Gasteiger partial charge in [0.15, 0.2) is 0 Å². The Balaban J connectivity index is 2.00. The second kappa shape index (κ2) is 7.82. The topological polar surface area (TPSA) is 52.6 Å². The van der Waals surface area contributed by atoms with Gasteiger partial charge in [-0.05, 0) is 70.1 Å². The molecule has 24 heavy (non-hydrogen) atoms. The maximum Gasteiger partial charge on any atom is 0.309 e. The van der Waals surface area contributed by atoms with Crippen molar-refractivity contribution in [3.63, 3.8) is 0 Å². The zero-order valence-corrected chi connectivity index (χ0v) is 15.2. The Morgan fingerprint density at radius 3 is 2.62 bits per heavy atom. The smallest absolute Gasteiger partial charge is 0.309 e. The van der Waals surface area contributed by atoms with Gasteiger partial charge in [-0.3, -0.25) is 9.59 Å². The van der Waals surface area contributed by atoms with Gasteiger partial charge in [0.2, 0.25) is 0 Å². The number of rotatable bonds is 5. The molecule has 0 N–H and O–H groups in total. The predicted molar refractivity (Wildman–Crippen MR) is 92.8 cm³/mol. The lowest BCUT2D eigenvalue weighted by Crippen LogP contribution is -2.31. The first-order valence-corrected chi connectivity index (χ1v) is 8.77. The highest BCUT2D eigenvalue weighted by Crippen LogP contribution is 2.28. The third-order valence-electron chi connectivity index (χ3n) is 4.16. The van der Waals surface area contributed by atoms with E-state index in [0.29, 0.717) is 19.4 Å². The molecule has 0 aliphatic heterocycles. The molecule has 0 amide bonds. The molecule has 0 aromatic heterocycles. The lowest BCUT2D eigenvalue weighted by atomic mass is 9.83. The number of ether oxygens (including phenoxy) is 2. The van der Waals surface area contributed by atoms with E-state index in [9.17, 15) is 9.59 Å². The van der Waals surface area contributed by atoms with Gasteiger partial charge >= 0.3 is 11.9 Å². The van der Waals surface area contributed by atoms with Gasteiger partial charge in [-0.2, -0.15) is 0 Å². The van der Waals surface area contributed by atoms with Crippen LogP contribution < -0.4 is 0 Å². The molecule has 0 saturated heterocycles. The second-order valence-electron chi connectivity index (χ2n) is 7.38. The number of aryl methyl sites for hydroxylation is 2. The van der Waals surface area contributed by atoms with Crippen LogP contribution in [0.2, 0.25) is 0 Å². The van der Waals surface area contributed by atoms with E-state index in [1.165, 1.54) is 11.1 Å². The molecule has 1 unspecified atom stereocenters. The van der Waals surface area contributed by atoms with Crippen molar-refractivity contribution in [2.75, 3.05) is 6.61 Å². The maximum absolute atomic E-state index is 12.3. The van der Waals surface area contributed by atoms with E-state index in [0.717, 1.165) is 24.8 Å². The van der Waals surface area contributed by atoms with Gasteiger partial charge in [-0.25, -0.2) is 0 Å². The molecule has 0 spiro atoms. The minimum Gasteiger partial charge on any atom is -0.466 e. The quantitative estimate of drug-likeness (QED) is 0.773. The summed E-state index contributed by atoms with van der Waals surface area (Å²) in [5.74, 6) is -0.344. The van der Waals surface area contributed by atoms with Gasteiger partial charge < -0.3 is 9.47 Å². The van der Waals surface area contributed by atoms with Gasteiger partial charge in [0, 0.05) is 6.42 Å². The number of esters is 2. The highest BCUT2D eigenvalue weighted by atomic mass is 16.6. The van der Waals surface area contributed by atoms with E-state index in [-0.39, 0.29) is 17.9 Å². The molecule has 1 aromatic carbocycles. The van der Waals surface area contributed by atoms with Crippen molar-refractivity contribution in [1.82, 2.24) is 0 Å². The fraction of sp³-hybridized carbons (Fsp3) is 0.600. The van der Waals surface area contributed by atoms with E-state index < -0.39 is 5.60 Å². The molecule has 0 bridgehead atoms. The van der Waals surface area contributed by atoms with Crippen LogP contribution in [-0.2, 0) is 38.3 Å². The van der Waals surface area contributed by atoms with E-state index in [1.807, 2.05) is 27.7 Å². The van der Waals surface area contributed by atoms with Crippen molar-refractivity contribution in [1.29, 1.82) is 0 Å². The van der Waals surface area contributed by atoms with Crippen LogP contribution in [0.25, 0.3) is 0 Å². The summed E-state index contributed by atoms with van der Waals surface area (Å²) in [6, 6.07) is 6.33. The zero-order valence-electron chi connectivity index (χ0n) is 15.2. The third-order valence-corrected chi connectivity index (χ3v) is 4.16. The molecular weight excluding hydrogens is 304 g/mol. The van der Waals surface area contributed by atoms with Crippen LogP contribution in [0.15, 0.2) is 18.2 Å². The Labute approximate surface area is 144 Å². The molecule has 2 rings (SSSR count). The Hall–Kier alpha value is -1.84. The highest BCUT2D eigenvalue weighted by molar-refractivity contribution is 5.74. The number of fused-ring (bicyclic) bond motifs is 1. The minimum atomic E-state index is -0.446. The molecule has 1 aliphatic rings. The largest absolute Gasteiger partial charge is 0.466 e. The second-order valence-corrected chi connectivity index (χ2v) is 7.38. The summed E-state index contributed by atoms with van der Waals surface area (Å²) in [6.07, 6.45) is 3.52. The average Bonchev–Trinajstić information content (AvgIpc) is 2.51. The van der Waals surface area contributed by atoms with Gasteiger partial charge in [-0.15, -0.1) is 0 Å². The van der Waals surface area contributed by atoms with Crippen LogP contribution in [0, 0.1) is 5.92 Å². The predicted octanol–water partition coefficient (Wildman–Crippen LogP) is 3.63. The Morgan fingerprint density at radius 2 is 1.96 bits per heavy atom. The summed E-state index contributed by atoms with van der Waals surface area (Å²) in [6.45, 7) is 7.92. The summed E-state index contributed by atoms with van der Waals surface area (Å²) in [4.78, 5) is 23.8. The number of hydrogen-bond donors (Lipinski definition) is 0. The van der Waals surface area contributed by atoms with Crippen molar-refractivity contribution in [3.8, 4) is 0 Å². The average molecular weight is 332 g/mol. The first kappa shape index (κ1) is 18.5. The first-order valence-electron chi connectivity index (χ1n) is 8.77. The minimum absolute atomic E-state index is 0.0722. The van der Waals surface area contributed by atoms with E-state index in [2.05, 4.69) is 18.2 Å². The van der Waals surface area contributed by atoms with Crippen molar-refractivity contribution in [2.24, 2.45) is 5.92 Å². The fourth-order valence-corrected chi connectivity index (χ4v) is 3.03. The standard InChI is InChI=1S/C20H28O4/c1-5-23-18(21)11-7-14-6-8-15-9-10-16(13-17(15)12-14)19(22)24-20(2,3)4/h6,8,12,16H,5,7,9-11,13H2,1-4H3. The maximum atomic E-state index is 12.3. The molecule has 0 heterocycles. The van der Waals surface area contributed by atoms with Gasteiger partial charge in [0.1, 0.15) is 5.60 Å². The van der Waals surface area contributed by atoms with Crippen LogP contribution in [0.1, 0.15) is 57.2 Å². The summed E-state index contributed by atoms with van der Waals surface area (Å²) in [5.41, 5.74) is 3.18. The molecule has 0 radical (unpaired) electrons. The first-order chi connectivity index (χ1) is 11.3. The Kier molecular flexibility index (Phi) is 6.03. The number of carbonyl (C=O) groups excluding carboxylic acids is 2. The Morgan fingerprint density at radius 1 is 1.21 bits per heavy atom. The summed E-state index contributed by atoms with van der Waals surface area (Å²) >= 11 is 0. The molecule has 4 nitrogen and oxygen atoms in total. The van der Waals surface area contributed by atoms with Gasteiger partial charge in [0.25, 0.3) is 0 Å². The Bertz CT molecular complexity index is 598. The molecule has 132 valence electrons. The number of carbonyl (C=O) groups is 2. The molecule has 1 aliphatic carbocycles. The van der Waals surface area contributed by atoms with E-state index in [4.69, 9.17) is 9.47 Å². The molecule has 1 aromatic rings. The van der Waals surface area contributed by atoms with Crippen molar-refractivity contribution < 1.29 is 19.1 Å². The number of hydrogen-bond acceptors (Lipinski definition) is 4. The zero-order chi connectivity index (χ0) is 17.7. The van der Waals surface area contributed by atoms with Crippen molar-refractivity contribution >= 4 is 11.9 Å². The fourth-order valence-electron chi connectivity index (χ4n) is 3.03. The highest BCUT2D eigenvalue weighted by Gasteiger charge is 2.28.